The number of hydrazine groups is 1. The molecule has 0 aliphatic carbocycles. The predicted molar refractivity (Wildman–Crippen MR) is 238 cm³/mol. The summed E-state index contributed by atoms with van der Waals surface area (Å²) < 4.78 is 18.0. The molecule has 5 atom stereocenters. The second kappa shape index (κ2) is 24.1. The number of allylic oxidation sites excluding steroid dienone is 1. The van der Waals surface area contributed by atoms with Crippen molar-refractivity contribution in [3.8, 4) is 5.75 Å². The Morgan fingerprint density at radius 3 is 2.28 bits per heavy atom. The molecule has 0 aromatic heterocycles. The van der Waals surface area contributed by atoms with Gasteiger partial charge in [-0.2, -0.15) is 0 Å². The summed E-state index contributed by atoms with van der Waals surface area (Å²) in [6.45, 7) is 26.3. The van der Waals surface area contributed by atoms with Crippen LogP contribution < -0.4 is 20.2 Å². The topological polar surface area (TPSA) is 135 Å². The van der Waals surface area contributed by atoms with Crippen molar-refractivity contribution in [3.63, 3.8) is 0 Å². The average Bonchev–Trinajstić information content (AvgIpc) is 3.19. The number of amides is 3. The molecule has 1 fully saturated rings. The number of nitrogens with one attached hydrogen (secondary N) is 3. The van der Waals surface area contributed by atoms with Crippen molar-refractivity contribution >= 4 is 40.1 Å². The molecular weight excluding hydrogens is 753 g/mol. The number of carbonyl (C=O) groups is 4. The molecule has 1 aliphatic rings. The number of ether oxygens (including phenoxy) is 2. The number of esters is 1. The Hall–Kier alpha value is -4.13. The fraction of sp³-hybridized carbons (Fsp3) is 0.565. The van der Waals surface area contributed by atoms with Crippen molar-refractivity contribution in [2.45, 2.75) is 130 Å². The van der Waals surface area contributed by atoms with Gasteiger partial charge in [-0.1, -0.05) is 94.0 Å². The Morgan fingerprint density at radius 2 is 1.66 bits per heavy atom. The van der Waals surface area contributed by atoms with E-state index in [9.17, 15) is 19.2 Å². The highest BCUT2D eigenvalue weighted by Crippen LogP contribution is 2.53. The highest BCUT2D eigenvalue weighted by Gasteiger charge is 2.36. The largest absolute Gasteiger partial charge is 0.460 e. The number of rotatable bonds is 20. The number of nitrogens with zero attached hydrogens (tertiary/aromatic N) is 1. The van der Waals surface area contributed by atoms with Gasteiger partial charge in [0.05, 0.1) is 12.0 Å². The molecule has 11 nitrogen and oxygen atoms in total. The van der Waals surface area contributed by atoms with E-state index in [-0.39, 0.29) is 35.7 Å². The lowest BCUT2D eigenvalue weighted by atomic mass is 9.96. The molecule has 1 aliphatic heterocycles. The van der Waals surface area contributed by atoms with Gasteiger partial charge in [0.2, 0.25) is 11.8 Å². The van der Waals surface area contributed by atoms with Gasteiger partial charge >= 0.3 is 5.97 Å². The third kappa shape index (κ3) is 15.2. The second-order valence-electron chi connectivity index (χ2n) is 16.1. The molecule has 3 amide bonds. The zero-order valence-electron chi connectivity index (χ0n) is 37.0. The van der Waals surface area contributed by atoms with E-state index in [0.29, 0.717) is 44.6 Å². The molecule has 12 heteroatoms. The highest BCUT2D eigenvalue weighted by atomic mass is 32.3. The fourth-order valence-corrected chi connectivity index (χ4v) is 6.95. The van der Waals surface area contributed by atoms with Gasteiger partial charge in [0.25, 0.3) is 5.91 Å². The molecule has 324 valence electrons. The molecule has 3 N–H and O–H groups in total. The van der Waals surface area contributed by atoms with Gasteiger partial charge in [0.1, 0.15) is 30.5 Å². The Bertz CT molecular complexity index is 1660. The van der Waals surface area contributed by atoms with Crippen LogP contribution in [-0.2, 0) is 41.7 Å². The van der Waals surface area contributed by atoms with Crippen molar-refractivity contribution in [1.82, 2.24) is 21.1 Å². The van der Waals surface area contributed by atoms with Crippen molar-refractivity contribution in [3.05, 3.63) is 84.5 Å². The van der Waals surface area contributed by atoms with Gasteiger partial charge in [-0.3, -0.25) is 24.2 Å². The monoisotopic (exact) mass is 825 g/mol. The van der Waals surface area contributed by atoms with E-state index in [1.165, 1.54) is 5.01 Å². The number of benzene rings is 2. The standard InChI is InChI=1S/C44H66N4O7S.C2H6/c1-12-15-24-38(53-14-3)31(6)40(49)46-39(30(4)5)41(50)45-37(28-33-20-17-22-35(27-33)55-56(10,11)44(7,8)9)42(51)48-25-18-23-36(47-48)43(52)54-29-34-21-16-19-32(13-2)26-34;1-2/h12-13,16-17,19-22,26-27,30-31,36-39,47H,1-2,14-15,18,23-25,28-29H2,3-11H3,(H,45,50)(H,46,49);1-2H3. The first kappa shape index (κ1) is 50.0. The summed E-state index contributed by atoms with van der Waals surface area (Å²) in [5.74, 6) is -1.83. The fourth-order valence-electron chi connectivity index (χ4n) is 6.12. The van der Waals surface area contributed by atoms with Gasteiger partial charge in [0, 0.05) is 24.3 Å². The maximum Gasteiger partial charge on any atom is 0.325 e. The second-order valence-corrected chi connectivity index (χ2v) is 19.9. The Labute approximate surface area is 350 Å². The van der Waals surface area contributed by atoms with Gasteiger partial charge < -0.3 is 24.3 Å². The first-order chi connectivity index (χ1) is 27.4. The van der Waals surface area contributed by atoms with E-state index in [1.807, 2.05) is 83.1 Å². The third-order valence-electron chi connectivity index (χ3n) is 10.3. The quantitative estimate of drug-likeness (QED) is 0.0906. The maximum absolute atomic E-state index is 14.4. The molecule has 1 heterocycles. The van der Waals surface area contributed by atoms with Crippen LogP contribution in [0, 0.1) is 11.8 Å². The van der Waals surface area contributed by atoms with Gasteiger partial charge in [-0.25, -0.2) is 5.43 Å². The van der Waals surface area contributed by atoms with Crippen LogP contribution in [0.5, 0.6) is 5.75 Å². The first-order valence-electron chi connectivity index (χ1n) is 20.7. The van der Waals surface area contributed by atoms with Crippen LogP contribution in [-0.4, -0.2) is 83.3 Å². The van der Waals surface area contributed by atoms with E-state index >= 15 is 0 Å². The number of hydrogen-bond acceptors (Lipinski definition) is 8. The third-order valence-corrected chi connectivity index (χ3v) is 13.8. The van der Waals surface area contributed by atoms with Gasteiger partial charge in [-0.15, -0.1) is 6.58 Å². The van der Waals surface area contributed by atoms with Crippen LogP contribution in [0.4, 0.5) is 0 Å². The lowest BCUT2D eigenvalue weighted by Gasteiger charge is -2.43. The van der Waals surface area contributed by atoms with Gasteiger partial charge in [0.15, 0.2) is 0 Å². The van der Waals surface area contributed by atoms with E-state index in [4.69, 9.17) is 13.7 Å². The lowest BCUT2D eigenvalue weighted by molar-refractivity contribution is -0.154. The zero-order chi connectivity index (χ0) is 43.6. The summed E-state index contributed by atoms with van der Waals surface area (Å²) in [6.07, 6.45) is 9.89. The highest BCUT2D eigenvalue weighted by molar-refractivity contribution is 8.30. The molecule has 0 bridgehead atoms. The van der Waals surface area contributed by atoms with Crippen LogP contribution in [0.2, 0.25) is 0 Å². The molecule has 1 saturated heterocycles. The van der Waals surface area contributed by atoms with E-state index in [2.05, 4.69) is 62.5 Å². The zero-order valence-corrected chi connectivity index (χ0v) is 37.8. The summed E-state index contributed by atoms with van der Waals surface area (Å²) in [5, 5.41) is 7.33. The molecule has 58 heavy (non-hydrogen) atoms. The predicted octanol–water partition coefficient (Wildman–Crippen LogP) is 7.93. The smallest absolute Gasteiger partial charge is 0.325 e. The van der Waals surface area contributed by atoms with Crippen molar-refractivity contribution in [2.24, 2.45) is 11.8 Å². The number of hydrogen-bond donors (Lipinski definition) is 3. The lowest BCUT2D eigenvalue weighted by Crippen LogP contribution is -2.62. The normalized spacial score (nSPS) is 16.7. The van der Waals surface area contributed by atoms with Crippen LogP contribution in [0.15, 0.2) is 67.8 Å². The van der Waals surface area contributed by atoms with E-state index in [0.717, 1.165) is 16.7 Å². The van der Waals surface area contributed by atoms with E-state index in [1.54, 1.807) is 19.1 Å². The summed E-state index contributed by atoms with van der Waals surface area (Å²) in [7, 11) is -1.50. The van der Waals surface area contributed by atoms with Crippen LogP contribution in [0.25, 0.3) is 6.08 Å². The van der Waals surface area contributed by atoms with Crippen molar-refractivity contribution < 1.29 is 32.8 Å². The Morgan fingerprint density at radius 1 is 0.983 bits per heavy atom. The molecule has 0 spiro atoms. The molecule has 2 aromatic carbocycles. The van der Waals surface area contributed by atoms with Crippen molar-refractivity contribution in [2.75, 3.05) is 25.7 Å². The minimum Gasteiger partial charge on any atom is -0.460 e. The summed E-state index contributed by atoms with van der Waals surface area (Å²) in [6, 6.07) is 12.4. The maximum atomic E-state index is 14.4. The molecular formula is C46H72N4O7S. The summed E-state index contributed by atoms with van der Waals surface area (Å²) in [5.41, 5.74) is 5.60. The van der Waals surface area contributed by atoms with Gasteiger partial charge in [-0.05, 0) is 107 Å². The molecule has 5 unspecified atom stereocenters. The molecule has 0 saturated carbocycles. The van der Waals surface area contributed by atoms with Crippen LogP contribution >= 0.6 is 10.3 Å². The summed E-state index contributed by atoms with van der Waals surface area (Å²) in [4.78, 5) is 55.4. The Balaban J connectivity index is 0.00000571. The molecule has 2 aromatic rings. The van der Waals surface area contributed by atoms with Crippen LogP contribution in [0.1, 0.15) is 105 Å². The molecule has 3 rings (SSSR count). The minimum absolute atomic E-state index is 0.0785. The first-order valence-corrected chi connectivity index (χ1v) is 23.1. The Kier molecular flexibility index (Phi) is 20.8. The SMILES string of the molecule is C=CCCC(OCC)C(C)C(=O)NC(C(=O)NC(Cc1cccc(OS(C)(C)C(C)(C)C)c1)C(=O)N1CCCC(C(=O)OCc2cccc(C=C)c2)N1)C(C)C.CC. The summed E-state index contributed by atoms with van der Waals surface area (Å²) >= 11 is 0. The van der Waals surface area contributed by atoms with E-state index < -0.39 is 52.1 Å². The van der Waals surface area contributed by atoms with Crippen molar-refractivity contribution in [1.29, 1.82) is 0 Å². The molecule has 0 radical (unpaired) electrons. The minimum atomic E-state index is -1.50. The number of carbonyl (C=O) groups excluding carboxylic acids is 4. The van der Waals surface area contributed by atoms with Crippen LogP contribution in [0.3, 0.4) is 0 Å². The average molecular weight is 825 g/mol.